The zero-order valence-corrected chi connectivity index (χ0v) is 15.5. The van der Waals surface area contributed by atoms with Crippen molar-refractivity contribution in [3.8, 4) is 0 Å². The molecule has 5 heteroatoms. The Morgan fingerprint density at radius 3 is 2.54 bits per heavy atom. The number of nitrogens with zero attached hydrogens (tertiary/aromatic N) is 2. The fraction of sp³-hybridized carbons (Fsp3) is 0.737. The lowest BCUT2D eigenvalue weighted by Crippen LogP contribution is -2.26. The molecule has 0 aliphatic rings. The Bertz CT molecular complexity index is 552. The zero-order valence-electron chi connectivity index (χ0n) is 15.5. The second kappa shape index (κ2) is 11.8. The maximum atomic E-state index is 12.6. The SMILES string of the molecule is CCCCCCCCc1c(C)ncn(CCCC(=O)OCC)c1=O. The summed E-state index contributed by atoms with van der Waals surface area (Å²) in [7, 11) is 0. The van der Waals surface area contributed by atoms with E-state index < -0.39 is 0 Å². The predicted molar refractivity (Wildman–Crippen MR) is 96.2 cm³/mol. The highest BCUT2D eigenvalue weighted by Gasteiger charge is 2.09. The van der Waals surface area contributed by atoms with Crippen LogP contribution in [0.25, 0.3) is 0 Å². The van der Waals surface area contributed by atoms with Crippen LogP contribution in [0.1, 0.15) is 76.5 Å². The van der Waals surface area contributed by atoms with Gasteiger partial charge in [-0.1, -0.05) is 39.0 Å². The molecule has 1 aromatic heterocycles. The number of ether oxygens (including phenoxy) is 1. The predicted octanol–water partition coefficient (Wildman–Crippen LogP) is 3.80. The van der Waals surface area contributed by atoms with Crippen LogP contribution in [0.5, 0.6) is 0 Å². The molecule has 24 heavy (non-hydrogen) atoms. The lowest BCUT2D eigenvalue weighted by atomic mass is 10.0. The van der Waals surface area contributed by atoms with Gasteiger partial charge < -0.3 is 4.74 Å². The summed E-state index contributed by atoms with van der Waals surface area (Å²) in [6.07, 6.45) is 10.6. The lowest BCUT2D eigenvalue weighted by molar-refractivity contribution is -0.143. The Hall–Kier alpha value is -1.65. The van der Waals surface area contributed by atoms with Crippen LogP contribution in [0, 0.1) is 6.92 Å². The Balaban J connectivity index is 2.51. The number of esters is 1. The highest BCUT2D eigenvalue weighted by molar-refractivity contribution is 5.69. The van der Waals surface area contributed by atoms with Crippen LogP contribution >= 0.6 is 0 Å². The summed E-state index contributed by atoms with van der Waals surface area (Å²) < 4.78 is 6.53. The minimum Gasteiger partial charge on any atom is -0.466 e. The minimum absolute atomic E-state index is 0.0416. The molecular weight excluding hydrogens is 304 g/mol. The third-order valence-corrected chi connectivity index (χ3v) is 4.21. The molecule has 0 saturated carbocycles. The van der Waals surface area contributed by atoms with E-state index in [1.54, 1.807) is 17.8 Å². The van der Waals surface area contributed by atoms with E-state index in [4.69, 9.17) is 4.74 Å². The number of unbranched alkanes of at least 4 members (excludes halogenated alkanes) is 5. The van der Waals surface area contributed by atoms with Crippen molar-refractivity contribution in [2.45, 2.75) is 85.1 Å². The molecule has 0 radical (unpaired) electrons. The third kappa shape index (κ3) is 7.28. The average molecular weight is 336 g/mol. The fourth-order valence-electron chi connectivity index (χ4n) is 2.77. The first kappa shape index (κ1) is 20.4. The molecule has 0 aliphatic carbocycles. The number of carbonyl (C=O) groups excluding carboxylic acids is 1. The molecular formula is C19H32N2O3. The summed E-state index contributed by atoms with van der Waals surface area (Å²) in [6, 6.07) is 0. The van der Waals surface area contributed by atoms with Crippen LogP contribution in [0.4, 0.5) is 0 Å². The smallest absolute Gasteiger partial charge is 0.305 e. The molecule has 0 saturated heterocycles. The second-order valence-corrected chi connectivity index (χ2v) is 6.23. The third-order valence-electron chi connectivity index (χ3n) is 4.21. The molecule has 5 nitrogen and oxygen atoms in total. The van der Waals surface area contributed by atoms with Crippen LogP contribution in [0.15, 0.2) is 11.1 Å². The van der Waals surface area contributed by atoms with E-state index in [0.29, 0.717) is 26.0 Å². The molecule has 0 fully saturated rings. The van der Waals surface area contributed by atoms with Gasteiger partial charge in [-0.15, -0.1) is 0 Å². The van der Waals surface area contributed by atoms with Crippen molar-refractivity contribution in [3.63, 3.8) is 0 Å². The first-order valence-electron chi connectivity index (χ1n) is 9.30. The zero-order chi connectivity index (χ0) is 17.8. The summed E-state index contributed by atoms with van der Waals surface area (Å²) in [5, 5.41) is 0. The summed E-state index contributed by atoms with van der Waals surface area (Å²) in [6.45, 7) is 6.81. The van der Waals surface area contributed by atoms with Gasteiger partial charge in [-0.2, -0.15) is 0 Å². The Labute approximate surface area is 145 Å². The van der Waals surface area contributed by atoms with E-state index in [9.17, 15) is 9.59 Å². The molecule has 1 aromatic rings. The summed E-state index contributed by atoms with van der Waals surface area (Å²) >= 11 is 0. The highest BCUT2D eigenvalue weighted by Crippen LogP contribution is 2.09. The number of carbonyl (C=O) groups is 1. The standard InChI is InChI=1S/C19H32N2O3/c1-4-6-7-8-9-10-12-17-16(3)20-15-21(19(17)23)14-11-13-18(22)24-5-2/h15H,4-14H2,1-3H3. The van der Waals surface area contributed by atoms with Crippen molar-refractivity contribution in [1.29, 1.82) is 0 Å². The van der Waals surface area contributed by atoms with Crippen molar-refractivity contribution in [2.75, 3.05) is 6.61 Å². The van der Waals surface area contributed by atoms with Crippen LogP contribution in [0.2, 0.25) is 0 Å². The topological polar surface area (TPSA) is 61.2 Å². The first-order chi connectivity index (χ1) is 11.6. The molecule has 1 heterocycles. The molecule has 0 unspecified atom stereocenters. The summed E-state index contributed by atoms with van der Waals surface area (Å²) in [5.74, 6) is -0.210. The largest absolute Gasteiger partial charge is 0.466 e. The van der Waals surface area contributed by atoms with Crippen LogP contribution < -0.4 is 5.56 Å². The van der Waals surface area contributed by atoms with Crippen molar-refractivity contribution in [3.05, 3.63) is 27.9 Å². The van der Waals surface area contributed by atoms with Gasteiger partial charge in [0, 0.05) is 24.2 Å². The van der Waals surface area contributed by atoms with Crippen molar-refractivity contribution >= 4 is 5.97 Å². The van der Waals surface area contributed by atoms with E-state index >= 15 is 0 Å². The lowest BCUT2D eigenvalue weighted by Gasteiger charge is -2.10. The minimum atomic E-state index is -0.210. The number of hydrogen-bond acceptors (Lipinski definition) is 4. The fourth-order valence-corrected chi connectivity index (χ4v) is 2.77. The van der Waals surface area contributed by atoms with Gasteiger partial charge in [0.05, 0.1) is 12.9 Å². The van der Waals surface area contributed by atoms with Gasteiger partial charge in [0.1, 0.15) is 0 Å². The van der Waals surface area contributed by atoms with E-state index in [1.165, 1.54) is 25.7 Å². The number of rotatable bonds is 12. The van der Waals surface area contributed by atoms with Crippen LogP contribution in [-0.4, -0.2) is 22.1 Å². The normalized spacial score (nSPS) is 10.8. The molecule has 1 rings (SSSR count). The van der Waals surface area contributed by atoms with Gasteiger partial charge in [-0.05, 0) is 33.1 Å². The Morgan fingerprint density at radius 1 is 1.12 bits per heavy atom. The van der Waals surface area contributed by atoms with E-state index in [1.807, 2.05) is 6.92 Å². The Morgan fingerprint density at radius 2 is 1.83 bits per heavy atom. The van der Waals surface area contributed by atoms with Gasteiger partial charge in [-0.25, -0.2) is 4.98 Å². The van der Waals surface area contributed by atoms with Gasteiger partial charge in [-0.3, -0.25) is 14.2 Å². The van der Waals surface area contributed by atoms with Gasteiger partial charge in [0.2, 0.25) is 0 Å². The molecule has 0 amide bonds. The van der Waals surface area contributed by atoms with Crippen LogP contribution in [-0.2, 0) is 22.5 Å². The van der Waals surface area contributed by atoms with Crippen molar-refractivity contribution < 1.29 is 9.53 Å². The van der Waals surface area contributed by atoms with Crippen molar-refractivity contribution in [2.24, 2.45) is 0 Å². The van der Waals surface area contributed by atoms with E-state index in [2.05, 4.69) is 11.9 Å². The maximum Gasteiger partial charge on any atom is 0.305 e. The van der Waals surface area contributed by atoms with E-state index in [-0.39, 0.29) is 11.5 Å². The molecule has 0 bridgehead atoms. The van der Waals surface area contributed by atoms with Gasteiger partial charge in [0.25, 0.3) is 5.56 Å². The molecule has 0 atom stereocenters. The summed E-state index contributed by atoms with van der Waals surface area (Å²) in [5.41, 5.74) is 1.69. The molecule has 0 N–H and O–H groups in total. The van der Waals surface area contributed by atoms with Gasteiger partial charge >= 0.3 is 5.97 Å². The first-order valence-corrected chi connectivity index (χ1v) is 9.30. The molecule has 0 spiro atoms. The van der Waals surface area contributed by atoms with Gasteiger partial charge in [0.15, 0.2) is 0 Å². The second-order valence-electron chi connectivity index (χ2n) is 6.23. The monoisotopic (exact) mass is 336 g/mol. The maximum absolute atomic E-state index is 12.6. The number of hydrogen-bond donors (Lipinski definition) is 0. The van der Waals surface area contributed by atoms with E-state index in [0.717, 1.165) is 30.5 Å². The Kier molecular flexibility index (Phi) is 10.0. The number of aryl methyl sites for hydroxylation is 2. The quantitative estimate of drug-likeness (QED) is 0.430. The molecule has 0 aromatic carbocycles. The average Bonchev–Trinajstić information content (AvgIpc) is 2.55. The number of aromatic nitrogens is 2. The summed E-state index contributed by atoms with van der Waals surface area (Å²) in [4.78, 5) is 28.3. The van der Waals surface area contributed by atoms with Crippen molar-refractivity contribution in [1.82, 2.24) is 9.55 Å². The molecule has 0 aliphatic heterocycles. The highest BCUT2D eigenvalue weighted by atomic mass is 16.5. The van der Waals surface area contributed by atoms with Crippen LogP contribution in [0.3, 0.4) is 0 Å². The molecule has 136 valence electrons.